The van der Waals surface area contributed by atoms with Crippen LogP contribution < -0.4 is 0 Å². The van der Waals surface area contributed by atoms with Gasteiger partial charge in [-0.05, 0) is 12.1 Å². The molecule has 0 unspecified atom stereocenters. The lowest BCUT2D eigenvalue weighted by molar-refractivity contribution is -0.142. The van der Waals surface area contributed by atoms with E-state index in [4.69, 9.17) is 0 Å². The van der Waals surface area contributed by atoms with Crippen LogP contribution >= 0.6 is 0 Å². The molecule has 0 bridgehead atoms. The van der Waals surface area contributed by atoms with Crippen LogP contribution in [0.4, 0.5) is 8.78 Å². The summed E-state index contributed by atoms with van der Waals surface area (Å²) in [6.45, 7) is 1.12. The van der Waals surface area contributed by atoms with E-state index >= 15 is 0 Å². The van der Waals surface area contributed by atoms with E-state index in [1.165, 1.54) is 13.0 Å². The highest BCUT2D eigenvalue weighted by Crippen LogP contribution is 2.21. The molecule has 13 heavy (non-hydrogen) atoms. The molecule has 0 aliphatic heterocycles. The number of halogens is 2. The highest BCUT2D eigenvalue weighted by atomic mass is 19.3. The molecular formula is C8H8F2O3. The summed E-state index contributed by atoms with van der Waals surface area (Å²) in [5.74, 6) is -0.678. The maximum atomic E-state index is 12.0. The first-order valence-electron chi connectivity index (χ1n) is 3.59. The Morgan fingerprint density at radius 2 is 2.31 bits per heavy atom. The predicted octanol–water partition coefficient (Wildman–Crippen LogP) is 2.28. The van der Waals surface area contributed by atoms with Crippen LogP contribution in [0, 0.1) is 0 Å². The van der Waals surface area contributed by atoms with E-state index in [-0.39, 0.29) is 12.4 Å². The molecule has 1 aromatic rings. The topological polar surface area (TPSA) is 39.4 Å². The van der Waals surface area contributed by atoms with Gasteiger partial charge in [-0.25, -0.2) is 8.78 Å². The quantitative estimate of drug-likeness (QED) is 0.686. The van der Waals surface area contributed by atoms with E-state index in [1.54, 1.807) is 0 Å². The van der Waals surface area contributed by atoms with Crippen LogP contribution in [0.2, 0.25) is 0 Å². The van der Waals surface area contributed by atoms with Crippen molar-refractivity contribution in [2.45, 2.75) is 20.0 Å². The highest BCUT2D eigenvalue weighted by molar-refractivity contribution is 5.65. The molecule has 3 nitrogen and oxygen atoms in total. The number of hydrogen-bond donors (Lipinski definition) is 0. The number of hydrogen-bond acceptors (Lipinski definition) is 3. The molecule has 0 aliphatic rings. The van der Waals surface area contributed by atoms with Gasteiger partial charge in [0.1, 0.15) is 12.4 Å². The van der Waals surface area contributed by atoms with E-state index in [0.29, 0.717) is 0 Å². The summed E-state index contributed by atoms with van der Waals surface area (Å²) in [5.41, 5.74) is 0. The van der Waals surface area contributed by atoms with Crippen molar-refractivity contribution >= 4 is 5.97 Å². The number of esters is 1. The zero-order chi connectivity index (χ0) is 9.84. The van der Waals surface area contributed by atoms with Crippen LogP contribution in [0.3, 0.4) is 0 Å². The molecule has 0 fully saturated rings. The second-order valence-corrected chi connectivity index (χ2v) is 2.39. The van der Waals surface area contributed by atoms with Gasteiger partial charge < -0.3 is 9.15 Å². The lowest BCUT2D eigenvalue weighted by Gasteiger charge is -1.97. The second kappa shape index (κ2) is 4.02. The van der Waals surface area contributed by atoms with E-state index in [9.17, 15) is 13.6 Å². The van der Waals surface area contributed by atoms with Crippen molar-refractivity contribution in [2.75, 3.05) is 0 Å². The van der Waals surface area contributed by atoms with Crippen LogP contribution in [0.15, 0.2) is 16.5 Å². The van der Waals surface area contributed by atoms with E-state index in [2.05, 4.69) is 9.15 Å². The molecule has 0 atom stereocenters. The van der Waals surface area contributed by atoms with Crippen LogP contribution in [0.5, 0.6) is 0 Å². The molecule has 5 heteroatoms. The third-order valence-corrected chi connectivity index (χ3v) is 1.32. The summed E-state index contributed by atoms with van der Waals surface area (Å²) in [5, 5.41) is 0. The first-order chi connectivity index (χ1) is 6.09. The van der Waals surface area contributed by atoms with Gasteiger partial charge in [-0.3, -0.25) is 4.79 Å². The molecule has 0 N–H and O–H groups in total. The molecule has 0 amide bonds. The van der Waals surface area contributed by atoms with Gasteiger partial charge in [-0.1, -0.05) is 0 Å². The first kappa shape index (κ1) is 9.70. The van der Waals surface area contributed by atoms with Crippen LogP contribution in [0.25, 0.3) is 0 Å². The van der Waals surface area contributed by atoms with Gasteiger partial charge in [0.25, 0.3) is 6.43 Å². The average Bonchev–Trinajstić information content (AvgIpc) is 2.48. The summed E-state index contributed by atoms with van der Waals surface area (Å²) in [7, 11) is 0. The summed E-state index contributed by atoms with van der Waals surface area (Å²) in [4.78, 5) is 10.3. The maximum absolute atomic E-state index is 12.0. The fourth-order valence-corrected chi connectivity index (χ4v) is 0.762. The number of carbonyl (C=O) groups is 1. The van der Waals surface area contributed by atoms with Gasteiger partial charge >= 0.3 is 5.97 Å². The van der Waals surface area contributed by atoms with Crippen LogP contribution in [-0.2, 0) is 16.1 Å². The largest absolute Gasteiger partial charge is 0.458 e. The minimum absolute atomic E-state index is 0.109. The predicted molar refractivity (Wildman–Crippen MR) is 39.1 cm³/mol. The van der Waals surface area contributed by atoms with Gasteiger partial charge in [0.2, 0.25) is 0 Å². The van der Waals surface area contributed by atoms with Crippen molar-refractivity contribution in [3.05, 3.63) is 23.7 Å². The number of alkyl halides is 2. The molecule has 0 saturated heterocycles. The normalized spacial score (nSPS) is 10.5. The number of furan rings is 1. The molecular weight excluding hydrogens is 182 g/mol. The van der Waals surface area contributed by atoms with E-state index in [1.807, 2.05) is 0 Å². The molecule has 1 aromatic heterocycles. The van der Waals surface area contributed by atoms with Crippen molar-refractivity contribution in [1.82, 2.24) is 0 Å². The minimum Gasteiger partial charge on any atom is -0.458 e. The van der Waals surface area contributed by atoms with Gasteiger partial charge in [-0.2, -0.15) is 0 Å². The fraction of sp³-hybridized carbons (Fsp3) is 0.375. The number of ether oxygens (including phenoxy) is 1. The molecule has 0 saturated carbocycles. The van der Waals surface area contributed by atoms with E-state index in [0.717, 1.165) is 6.07 Å². The molecule has 72 valence electrons. The third kappa shape index (κ3) is 2.85. The lowest BCUT2D eigenvalue weighted by Crippen LogP contribution is -1.97. The summed E-state index contributed by atoms with van der Waals surface area (Å²) >= 11 is 0. The zero-order valence-electron chi connectivity index (χ0n) is 6.92. The Morgan fingerprint density at radius 1 is 1.62 bits per heavy atom. The Balaban J connectivity index is 2.54. The monoisotopic (exact) mass is 190 g/mol. The number of rotatable bonds is 3. The van der Waals surface area contributed by atoms with Crippen molar-refractivity contribution in [3.63, 3.8) is 0 Å². The van der Waals surface area contributed by atoms with Crippen molar-refractivity contribution in [3.8, 4) is 0 Å². The Labute approximate surface area is 73.3 Å². The van der Waals surface area contributed by atoms with Gasteiger partial charge in [0, 0.05) is 6.92 Å². The average molecular weight is 190 g/mol. The van der Waals surface area contributed by atoms with Gasteiger partial charge in [-0.15, -0.1) is 0 Å². The molecule has 0 spiro atoms. The van der Waals surface area contributed by atoms with Gasteiger partial charge in [0.05, 0.1) is 0 Å². The Hall–Kier alpha value is -1.39. The second-order valence-electron chi connectivity index (χ2n) is 2.39. The Kier molecular flexibility index (Phi) is 3.00. The molecule has 0 radical (unpaired) electrons. The lowest BCUT2D eigenvalue weighted by atomic mass is 10.4. The summed E-state index contributed by atoms with van der Waals surface area (Å²) in [6, 6.07) is 2.51. The fourth-order valence-electron chi connectivity index (χ4n) is 0.762. The first-order valence-corrected chi connectivity index (χ1v) is 3.59. The molecule has 1 rings (SSSR count). The highest BCUT2D eigenvalue weighted by Gasteiger charge is 2.12. The Morgan fingerprint density at radius 3 is 2.77 bits per heavy atom. The minimum atomic E-state index is -2.63. The van der Waals surface area contributed by atoms with Crippen molar-refractivity contribution in [2.24, 2.45) is 0 Å². The van der Waals surface area contributed by atoms with Crippen LogP contribution in [0.1, 0.15) is 24.9 Å². The zero-order valence-corrected chi connectivity index (χ0v) is 6.92. The molecule has 0 aromatic carbocycles. The van der Waals surface area contributed by atoms with Crippen LogP contribution in [-0.4, -0.2) is 5.97 Å². The molecule has 1 heterocycles. The maximum Gasteiger partial charge on any atom is 0.303 e. The SMILES string of the molecule is CC(=O)OCc1ccc(C(F)F)o1. The van der Waals surface area contributed by atoms with Crippen molar-refractivity contribution in [1.29, 1.82) is 0 Å². The summed E-state index contributed by atoms with van der Waals surface area (Å²) < 4.78 is 33.2. The number of carbonyl (C=O) groups excluding carboxylic acids is 1. The van der Waals surface area contributed by atoms with Gasteiger partial charge in [0.15, 0.2) is 5.76 Å². The van der Waals surface area contributed by atoms with Crippen molar-refractivity contribution < 1.29 is 22.7 Å². The molecule has 0 aliphatic carbocycles. The Bertz CT molecular complexity index is 293. The van der Waals surface area contributed by atoms with E-state index < -0.39 is 18.2 Å². The summed E-state index contributed by atoms with van der Waals surface area (Å²) in [6.07, 6.45) is -2.63. The third-order valence-electron chi connectivity index (χ3n) is 1.32. The standard InChI is InChI=1S/C8H8F2O3/c1-5(11)12-4-6-2-3-7(13-6)8(9)10/h2-3,8H,4H2,1H3. The smallest absolute Gasteiger partial charge is 0.303 e.